The number of nitrogens with one attached hydrogen (secondary N) is 1. The second kappa shape index (κ2) is 5.90. The second-order valence-corrected chi connectivity index (χ2v) is 6.62. The van der Waals surface area contributed by atoms with E-state index in [9.17, 15) is 8.42 Å². The molecule has 0 aliphatic heterocycles. The van der Waals surface area contributed by atoms with Gasteiger partial charge < -0.3 is 10.5 Å². The Hall–Kier alpha value is -1.11. The van der Waals surface area contributed by atoms with Crippen LogP contribution < -0.4 is 15.2 Å². The van der Waals surface area contributed by atoms with Crippen LogP contribution in [0.4, 0.5) is 0 Å². The van der Waals surface area contributed by atoms with E-state index in [0.29, 0.717) is 24.8 Å². The zero-order valence-electron chi connectivity index (χ0n) is 11.0. The van der Waals surface area contributed by atoms with Crippen LogP contribution in [0.1, 0.15) is 19.8 Å². The minimum absolute atomic E-state index is 0.0884. The van der Waals surface area contributed by atoms with Gasteiger partial charge in [-0.15, -0.1) is 0 Å². The van der Waals surface area contributed by atoms with Crippen LogP contribution in [0.15, 0.2) is 29.2 Å². The van der Waals surface area contributed by atoms with Gasteiger partial charge in [-0.3, -0.25) is 0 Å². The minimum Gasteiger partial charge on any atom is -0.494 e. The Kier molecular flexibility index (Phi) is 4.44. The fourth-order valence-corrected chi connectivity index (χ4v) is 3.10. The molecule has 0 aromatic heterocycles. The summed E-state index contributed by atoms with van der Waals surface area (Å²) in [5.74, 6) is 1.10. The fraction of sp³-hybridized carbons (Fsp3) is 0.538. The van der Waals surface area contributed by atoms with Crippen molar-refractivity contribution in [2.75, 3.05) is 13.2 Å². The number of hydrogen-bond donors (Lipinski definition) is 2. The summed E-state index contributed by atoms with van der Waals surface area (Å²) in [6.45, 7) is 3.15. The highest BCUT2D eigenvalue weighted by Crippen LogP contribution is 2.30. The molecule has 1 aromatic rings. The molecule has 5 nitrogen and oxygen atoms in total. The Morgan fingerprint density at radius 2 is 2.00 bits per heavy atom. The molecule has 0 saturated heterocycles. The third-order valence-electron chi connectivity index (χ3n) is 3.17. The Labute approximate surface area is 114 Å². The molecule has 2 unspecified atom stereocenters. The van der Waals surface area contributed by atoms with Crippen molar-refractivity contribution in [3.05, 3.63) is 24.3 Å². The summed E-state index contributed by atoms with van der Waals surface area (Å²) in [5.41, 5.74) is 5.37. The predicted octanol–water partition coefficient (Wildman–Crippen LogP) is 1.10. The molecule has 3 N–H and O–H groups in total. The number of nitrogens with two attached hydrogens (primary N) is 1. The van der Waals surface area contributed by atoms with Crippen LogP contribution in [-0.4, -0.2) is 27.6 Å². The van der Waals surface area contributed by atoms with Gasteiger partial charge in [-0.2, -0.15) is 0 Å². The van der Waals surface area contributed by atoms with Gasteiger partial charge in [0.2, 0.25) is 10.0 Å². The lowest BCUT2D eigenvalue weighted by Crippen LogP contribution is -2.26. The highest BCUT2D eigenvalue weighted by molar-refractivity contribution is 7.89. The maximum atomic E-state index is 12.0. The molecule has 1 saturated carbocycles. The highest BCUT2D eigenvalue weighted by Gasteiger charge is 2.36. The molecule has 2 rings (SSSR count). The number of sulfonamides is 1. The van der Waals surface area contributed by atoms with Gasteiger partial charge in [0, 0.05) is 6.04 Å². The monoisotopic (exact) mass is 284 g/mol. The third-order valence-corrected chi connectivity index (χ3v) is 4.67. The van der Waals surface area contributed by atoms with Crippen LogP contribution in [0, 0.1) is 5.92 Å². The first-order valence-corrected chi connectivity index (χ1v) is 7.96. The predicted molar refractivity (Wildman–Crippen MR) is 73.5 cm³/mol. The Morgan fingerprint density at radius 3 is 2.53 bits per heavy atom. The number of benzene rings is 1. The van der Waals surface area contributed by atoms with Gasteiger partial charge in [0.25, 0.3) is 0 Å². The second-order valence-electron chi connectivity index (χ2n) is 4.90. The molecule has 1 aliphatic carbocycles. The van der Waals surface area contributed by atoms with E-state index in [4.69, 9.17) is 10.5 Å². The molecule has 0 amide bonds. The maximum Gasteiger partial charge on any atom is 0.240 e. The van der Waals surface area contributed by atoms with E-state index < -0.39 is 10.0 Å². The van der Waals surface area contributed by atoms with Gasteiger partial charge in [0.1, 0.15) is 5.75 Å². The zero-order chi connectivity index (χ0) is 13.9. The highest BCUT2D eigenvalue weighted by atomic mass is 32.2. The van der Waals surface area contributed by atoms with E-state index in [0.717, 1.165) is 12.8 Å². The van der Waals surface area contributed by atoms with E-state index in [2.05, 4.69) is 4.72 Å². The molecule has 1 fully saturated rings. The van der Waals surface area contributed by atoms with E-state index in [1.54, 1.807) is 24.3 Å². The van der Waals surface area contributed by atoms with Crippen molar-refractivity contribution >= 4 is 10.0 Å². The summed E-state index contributed by atoms with van der Waals surface area (Å²) in [6.07, 6.45) is 1.70. The average molecular weight is 284 g/mol. The third kappa shape index (κ3) is 3.92. The average Bonchev–Trinajstić information content (AvgIpc) is 3.05. The number of hydrogen-bond acceptors (Lipinski definition) is 4. The lowest BCUT2D eigenvalue weighted by molar-refractivity contribution is 0.313. The van der Waals surface area contributed by atoms with Crippen molar-refractivity contribution in [1.29, 1.82) is 0 Å². The molecule has 1 aliphatic rings. The van der Waals surface area contributed by atoms with Gasteiger partial charge in [-0.05, 0) is 49.6 Å². The van der Waals surface area contributed by atoms with E-state index in [1.165, 1.54) is 0 Å². The van der Waals surface area contributed by atoms with Crippen molar-refractivity contribution in [2.45, 2.75) is 30.7 Å². The number of ether oxygens (including phenoxy) is 1. The summed E-state index contributed by atoms with van der Waals surface area (Å²) in [5, 5.41) is 0. The van der Waals surface area contributed by atoms with Crippen molar-refractivity contribution in [3.63, 3.8) is 0 Å². The molecule has 19 heavy (non-hydrogen) atoms. The van der Waals surface area contributed by atoms with E-state index in [1.807, 2.05) is 6.92 Å². The standard InChI is InChI=1S/C13H20N2O3S/c1-10-9-13(10)15-19(16,17)12-5-3-11(4-6-12)18-8-2-7-14/h3-6,10,13,15H,2,7-9,14H2,1H3. The van der Waals surface area contributed by atoms with Crippen LogP contribution in [0.25, 0.3) is 0 Å². The van der Waals surface area contributed by atoms with Crippen LogP contribution in [0.5, 0.6) is 5.75 Å². The molecule has 0 radical (unpaired) electrons. The molecule has 0 bridgehead atoms. The van der Waals surface area contributed by atoms with Crippen molar-refractivity contribution < 1.29 is 13.2 Å². The lowest BCUT2D eigenvalue weighted by Gasteiger charge is -2.08. The van der Waals surface area contributed by atoms with Crippen molar-refractivity contribution in [2.24, 2.45) is 11.7 Å². The van der Waals surface area contributed by atoms with E-state index >= 15 is 0 Å². The van der Waals surface area contributed by atoms with Crippen LogP contribution in [0.2, 0.25) is 0 Å². The van der Waals surface area contributed by atoms with Crippen LogP contribution in [-0.2, 0) is 10.0 Å². The minimum atomic E-state index is -3.40. The quantitative estimate of drug-likeness (QED) is 0.735. The van der Waals surface area contributed by atoms with Crippen LogP contribution in [0.3, 0.4) is 0 Å². The SMILES string of the molecule is CC1CC1NS(=O)(=O)c1ccc(OCCCN)cc1. The molecule has 0 heterocycles. The molecular formula is C13H20N2O3S. The smallest absolute Gasteiger partial charge is 0.240 e. The molecule has 2 atom stereocenters. The summed E-state index contributed by atoms with van der Waals surface area (Å²) in [7, 11) is -3.40. The Bertz CT molecular complexity index is 513. The van der Waals surface area contributed by atoms with Gasteiger partial charge in [-0.25, -0.2) is 13.1 Å². The summed E-state index contributed by atoms with van der Waals surface area (Å²) >= 11 is 0. The molecule has 6 heteroatoms. The molecule has 1 aromatic carbocycles. The first-order valence-electron chi connectivity index (χ1n) is 6.48. The summed E-state index contributed by atoms with van der Waals surface area (Å²) < 4.78 is 32.2. The van der Waals surface area contributed by atoms with Gasteiger partial charge in [0.05, 0.1) is 11.5 Å². The molecule has 0 spiro atoms. The van der Waals surface area contributed by atoms with Gasteiger partial charge in [0.15, 0.2) is 0 Å². The van der Waals surface area contributed by atoms with Crippen molar-refractivity contribution in [3.8, 4) is 5.75 Å². The van der Waals surface area contributed by atoms with Gasteiger partial charge in [-0.1, -0.05) is 6.92 Å². The Balaban J connectivity index is 1.97. The first-order chi connectivity index (χ1) is 9.03. The largest absolute Gasteiger partial charge is 0.494 e. The lowest BCUT2D eigenvalue weighted by atomic mass is 10.3. The normalized spacial score (nSPS) is 22.2. The summed E-state index contributed by atoms with van der Waals surface area (Å²) in [4.78, 5) is 0.276. The van der Waals surface area contributed by atoms with E-state index in [-0.39, 0.29) is 10.9 Å². The van der Waals surface area contributed by atoms with Gasteiger partial charge >= 0.3 is 0 Å². The topological polar surface area (TPSA) is 81.4 Å². The van der Waals surface area contributed by atoms with Crippen LogP contribution >= 0.6 is 0 Å². The first kappa shape index (κ1) is 14.3. The molecule has 106 valence electrons. The fourth-order valence-electron chi connectivity index (χ4n) is 1.74. The summed E-state index contributed by atoms with van der Waals surface area (Å²) in [6, 6.07) is 6.55. The van der Waals surface area contributed by atoms with Crippen molar-refractivity contribution in [1.82, 2.24) is 4.72 Å². The zero-order valence-corrected chi connectivity index (χ0v) is 11.8. The number of rotatable bonds is 7. The Morgan fingerprint density at radius 1 is 1.37 bits per heavy atom. The maximum absolute atomic E-state index is 12.0. The molecular weight excluding hydrogens is 264 g/mol.